The first-order valence-electron chi connectivity index (χ1n) is 10.1. The van der Waals surface area contributed by atoms with E-state index in [1.54, 1.807) is 40.9 Å². The number of hydrogen-bond donors (Lipinski definition) is 1. The summed E-state index contributed by atoms with van der Waals surface area (Å²) in [6.45, 7) is 0.740. The third-order valence-corrected chi connectivity index (χ3v) is 7.41. The van der Waals surface area contributed by atoms with Crippen LogP contribution >= 0.6 is 23.1 Å². The molecule has 1 aliphatic carbocycles. The number of thiophene rings is 1. The molecular formula is C22H21N3O4S2. The van der Waals surface area contributed by atoms with E-state index in [4.69, 9.17) is 8.83 Å². The van der Waals surface area contributed by atoms with E-state index in [1.165, 1.54) is 22.2 Å². The lowest BCUT2D eigenvalue weighted by molar-refractivity contribution is -0.130. The first-order valence-corrected chi connectivity index (χ1v) is 12.1. The van der Waals surface area contributed by atoms with Crippen LogP contribution in [0.25, 0.3) is 10.2 Å². The smallest absolute Gasteiger partial charge is 0.259 e. The second-order valence-electron chi connectivity index (χ2n) is 7.45. The van der Waals surface area contributed by atoms with Crippen LogP contribution in [0.3, 0.4) is 0 Å². The Morgan fingerprint density at radius 1 is 1.16 bits per heavy atom. The van der Waals surface area contributed by atoms with E-state index in [-0.39, 0.29) is 17.2 Å². The van der Waals surface area contributed by atoms with Gasteiger partial charge in [0.2, 0.25) is 5.91 Å². The summed E-state index contributed by atoms with van der Waals surface area (Å²) in [5.41, 5.74) is 1.11. The Hall–Kier alpha value is -2.78. The largest absolute Gasteiger partial charge is 0.467 e. The fourth-order valence-electron chi connectivity index (χ4n) is 3.86. The predicted octanol–water partition coefficient (Wildman–Crippen LogP) is 4.12. The van der Waals surface area contributed by atoms with E-state index >= 15 is 0 Å². The van der Waals surface area contributed by atoms with Crippen LogP contribution in [0.5, 0.6) is 0 Å². The van der Waals surface area contributed by atoms with Gasteiger partial charge < -0.3 is 18.7 Å². The van der Waals surface area contributed by atoms with Crippen molar-refractivity contribution in [2.24, 2.45) is 0 Å². The Morgan fingerprint density at radius 3 is 2.58 bits per heavy atom. The number of carbonyl (C=O) groups is 1. The molecule has 31 heavy (non-hydrogen) atoms. The zero-order valence-corrected chi connectivity index (χ0v) is 18.4. The summed E-state index contributed by atoms with van der Waals surface area (Å²) < 4.78 is 10.8. The minimum absolute atomic E-state index is 0.0312. The van der Waals surface area contributed by atoms with Gasteiger partial charge in [-0.3, -0.25) is 9.59 Å². The standard InChI is InChI=1S/C22H21N3O4S2/c26-19(25(10-14-4-2-8-28-14)11-15-5-3-9-29-15)13-30-12-18-23-21(27)20-16-6-1-7-17(16)31-22(20)24-18/h2-5,8-9H,1,6-7,10-13H2,(H,23,24,27). The summed E-state index contributed by atoms with van der Waals surface area (Å²) in [5.74, 6) is 2.74. The maximum Gasteiger partial charge on any atom is 0.259 e. The molecule has 4 heterocycles. The number of aromatic nitrogens is 2. The van der Waals surface area contributed by atoms with Gasteiger partial charge in [0.1, 0.15) is 22.2 Å². The Kier molecular flexibility index (Phi) is 5.69. The lowest BCUT2D eigenvalue weighted by Crippen LogP contribution is -2.31. The number of H-pyrrole nitrogens is 1. The van der Waals surface area contributed by atoms with Gasteiger partial charge in [0.15, 0.2) is 0 Å². The maximum atomic E-state index is 12.9. The molecule has 0 radical (unpaired) electrons. The van der Waals surface area contributed by atoms with Crippen LogP contribution in [0.2, 0.25) is 0 Å². The van der Waals surface area contributed by atoms with E-state index in [0.29, 0.717) is 36.2 Å². The third-order valence-electron chi connectivity index (χ3n) is 5.29. The van der Waals surface area contributed by atoms with Crippen LogP contribution in [-0.2, 0) is 36.5 Å². The quantitative estimate of drug-likeness (QED) is 0.430. The summed E-state index contributed by atoms with van der Waals surface area (Å²) >= 11 is 3.06. The van der Waals surface area contributed by atoms with Crippen molar-refractivity contribution < 1.29 is 13.6 Å². The second kappa shape index (κ2) is 8.76. The van der Waals surface area contributed by atoms with E-state index < -0.39 is 0 Å². The zero-order chi connectivity index (χ0) is 21.2. The molecule has 0 atom stereocenters. The highest BCUT2D eigenvalue weighted by atomic mass is 32.2. The number of thioether (sulfide) groups is 1. The molecule has 1 N–H and O–H groups in total. The van der Waals surface area contributed by atoms with Crippen molar-refractivity contribution in [3.63, 3.8) is 0 Å². The number of nitrogens with one attached hydrogen (secondary N) is 1. The molecule has 4 aromatic heterocycles. The molecule has 9 heteroatoms. The molecule has 5 rings (SSSR count). The molecule has 0 fully saturated rings. The number of carbonyl (C=O) groups excluding carboxylic acids is 1. The van der Waals surface area contributed by atoms with Crippen LogP contribution in [0.15, 0.2) is 50.4 Å². The number of nitrogens with zero attached hydrogens (tertiary/aromatic N) is 2. The van der Waals surface area contributed by atoms with E-state index in [9.17, 15) is 9.59 Å². The number of aryl methyl sites for hydroxylation is 2. The molecular weight excluding hydrogens is 434 g/mol. The van der Waals surface area contributed by atoms with Gasteiger partial charge in [-0.2, -0.15) is 0 Å². The Labute approximate surface area is 186 Å². The molecule has 0 unspecified atom stereocenters. The Balaban J connectivity index is 1.25. The molecule has 0 aliphatic heterocycles. The molecule has 0 saturated heterocycles. The molecule has 1 aliphatic rings. The number of fused-ring (bicyclic) bond motifs is 3. The van der Waals surface area contributed by atoms with Gasteiger partial charge in [0, 0.05) is 4.88 Å². The topological polar surface area (TPSA) is 92.3 Å². The molecule has 4 aromatic rings. The molecule has 1 amide bonds. The van der Waals surface area contributed by atoms with Gasteiger partial charge >= 0.3 is 0 Å². The first-order chi connectivity index (χ1) is 15.2. The summed E-state index contributed by atoms with van der Waals surface area (Å²) in [6, 6.07) is 7.30. The molecule has 0 bridgehead atoms. The monoisotopic (exact) mass is 455 g/mol. The van der Waals surface area contributed by atoms with Gasteiger partial charge in [-0.1, -0.05) is 0 Å². The third kappa shape index (κ3) is 4.33. The van der Waals surface area contributed by atoms with Gasteiger partial charge in [0.25, 0.3) is 5.56 Å². The van der Waals surface area contributed by atoms with Crippen molar-refractivity contribution in [3.05, 3.63) is 74.9 Å². The summed E-state index contributed by atoms with van der Waals surface area (Å²) in [7, 11) is 0. The SMILES string of the molecule is O=C(CSCc1nc2sc3c(c2c(=O)[nH]1)CCC3)N(Cc1ccco1)Cc1ccco1. The molecule has 160 valence electrons. The average Bonchev–Trinajstić information content (AvgIpc) is 3.52. The van der Waals surface area contributed by atoms with Crippen molar-refractivity contribution in [1.82, 2.24) is 14.9 Å². The average molecular weight is 456 g/mol. The van der Waals surface area contributed by atoms with Crippen LogP contribution < -0.4 is 5.56 Å². The summed E-state index contributed by atoms with van der Waals surface area (Å²) in [6.07, 6.45) is 6.30. The van der Waals surface area contributed by atoms with E-state index in [2.05, 4.69) is 9.97 Å². The minimum atomic E-state index is -0.0661. The van der Waals surface area contributed by atoms with Crippen molar-refractivity contribution in [2.75, 3.05) is 5.75 Å². The number of amides is 1. The summed E-state index contributed by atoms with van der Waals surface area (Å²) in [4.78, 5) is 36.8. The van der Waals surface area contributed by atoms with Gasteiger partial charge in [0.05, 0.1) is 42.5 Å². The van der Waals surface area contributed by atoms with Crippen LogP contribution in [0.4, 0.5) is 0 Å². The Bertz CT molecular complexity index is 1210. The van der Waals surface area contributed by atoms with E-state index in [1.807, 2.05) is 12.1 Å². The van der Waals surface area contributed by atoms with Gasteiger partial charge in [-0.05, 0) is 49.1 Å². The maximum absolute atomic E-state index is 12.9. The molecule has 0 aromatic carbocycles. The van der Waals surface area contributed by atoms with Crippen molar-refractivity contribution >= 4 is 39.2 Å². The lowest BCUT2D eigenvalue weighted by atomic mass is 10.2. The number of furan rings is 2. The number of hydrogen-bond acceptors (Lipinski definition) is 7. The van der Waals surface area contributed by atoms with Crippen molar-refractivity contribution in [1.29, 1.82) is 0 Å². The highest BCUT2D eigenvalue weighted by Crippen LogP contribution is 2.34. The van der Waals surface area contributed by atoms with Crippen molar-refractivity contribution in [3.8, 4) is 0 Å². The van der Waals surface area contributed by atoms with Crippen LogP contribution in [0.1, 0.15) is 34.2 Å². The highest BCUT2D eigenvalue weighted by molar-refractivity contribution is 7.99. The van der Waals surface area contributed by atoms with Gasteiger partial charge in [-0.25, -0.2) is 4.98 Å². The number of aromatic amines is 1. The Morgan fingerprint density at radius 2 is 1.90 bits per heavy atom. The first kappa shape index (κ1) is 20.1. The van der Waals surface area contributed by atoms with Crippen LogP contribution in [0, 0.1) is 0 Å². The normalized spacial score (nSPS) is 13.0. The van der Waals surface area contributed by atoms with Gasteiger partial charge in [-0.15, -0.1) is 23.1 Å². The summed E-state index contributed by atoms with van der Waals surface area (Å²) in [5, 5.41) is 0.755. The molecule has 0 spiro atoms. The number of rotatable bonds is 8. The zero-order valence-electron chi connectivity index (χ0n) is 16.8. The molecule has 0 saturated carbocycles. The minimum Gasteiger partial charge on any atom is -0.467 e. The predicted molar refractivity (Wildman–Crippen MR) is 120 cm³/mol. The second-order valence-corrected chi connectivity index (χ2v) is 9.52. The van der Waals surface area contributed by atoms with Crippen molar-refractivity contribution in [2.45, 2.75) is 38.1 Å². The highest BCUT2D eigenvalue weighted by Gasteiger charge is 2.21. The van der Waals surface area contributed by atoms with Crippen LogP contribution in [-0.4, -0.2) is 26.5 Å². The molecule has 7 nitrogen and oxygen atoms in total. The fourth-order valence-corrected chi connectivity index (χ4v) is 5.93. The van der Waals surface area contributed by atoms with E-state index in [0.717, 1.165) is 29.5 Å². The lowest BCUT2D eigenvalue weighted by Gasteiger charge is -2.20. The fraction of sp³-hybridized carbons (Fsp3) is 0.318.